The molecule has 2 aliphatic rings. The standard InChI is InChI=1S/C16H21NO2/c1-10(18)13-8-5-11-3-2-4-15(14(11)9-13)17-16(19)12-6-7-12/h5,8-10,12,15,18H,2-4,6-7H2,1H3,(H,17,19). The highest BCUT2D eigenvalue weighted by Crippen LogP contribution is 2.34. The van der Waals surface area contributed by atoms with Crippen LogP contribution in [0.2, 0.25) is 0 Å². The molecule has 0 spiro atoms. The number of hydrogen-bond donors (Lipinski definition) is 2. The number of fused-ring (bicyclic) bond motifs is 1. The highest BCUT2D eigenvalue weighted by Gasteiger charge is 2.32. The molecule has 19 heavy (non-hydrogen) atoms. The monoisotopic (exact) mass is 259 g/mol. The van der Waals surface area contributed by atoms with E-state index in [0.717, 1.165) is 37.7 Å². The molecule has 102 valence electrons. The molecule has 2 unspecified atom stereocenters. The topological polar surface area (TPSA) is 49.3 Å². The zero-order valence-electron chi connectivity index (χ0n) is 11.4. The minimum Gasteiger partial charge on any atom is -0.389 e. The molecular weight excluding hydrogens is 238 g/mol. The lowest BCUT2D eigenvalue weighted by molar-refractivity contribution is -0.123. The highest BCUT2D eigenvalue weighted by atomic mass is 16.3. The summed E-state index contributed by atoms with van der Waals surface area (Å²) in [6.07, 6.45) is 4.83. The number of nitrogens with one attached hydrogen (secondary N) is 1. The molecule has 0 aromatic heterocycles. The van der Waals surface area contributed by atoms with Crippen LogP contribution in [0, 0.1) is 5.92 Å². The fourth-order valence-corrected chi connectivity index (χ4v) is 2.86. The largest absolute Gasteiger partial charge is 0.389 e. The van der Waals surface area contributed by atoms with Crippen molar-refractivity contribution in [3.8, 4) is 0 Å². The Balaban J connectivity index is 1.84. The molecule has 0 bridgehead atoms. The number of carbonyl (C=O) groups excluding carboxylic acids is 1. The summed E-state index contributed by atoms with van der Waals surface area (Å²) >= 11 is 0. The number of aliphatic hydroxyl groups is 1. The highest BCUT2D eigenvalue weighted by molar-refractivity contribution is 5.81. The lowest BCUT2D eigenvalue weighted by atomic mass is 9.86. The third kappa shape index (κ3) is 2.66. The van der Waals surface area contributed by atoms with Crippen LogP contribution in [0.5, 0.6) is 0 Å². The number of amides is 1. The third-order valence-corrected chi connectivity index (χ3v) is 4.23. The van der Waals surface area contributed by atoms with Crippen LogP contribution < -0.4 is 5.32 Å². The van der Waals surface area contributed by atoms with Gasteiger partial charge in [0, 0.05) is 5.92 Å². The number of aliphatic hydroxyl groups excluding tert-OH is 1. The van der Waals surface area contributed by atoms with Gasteiger partial charge in [-0.3, -0.25) is 4.79 Å². The summed E-state index contributed by atoms with van der Waals surface area (Å²) in [6, 6.07) is 6.30. The van der Waals surface area contributed by atoms with Crippen molar-refractivity contribution in [2.75, 3.05) is 0 Å². The molecule has 1 fully saturated rings. The summed E-state index contributed by atoms with van der Waals surface area (Å²) in [5, 5.41) is 12.9. The molecule has 0 aliphatic heterocycles. The summed E-state index contributed by atoms with van der Waals surface area (Å²) < 4.78 is 0. The second-order valence-corrected chi connectivity index (χ2v) is 5.86. The first-order chi connectivity index (χ1) is 9.15. The van der Waals surface area contributed by atoms with Crippen LogP contribution in [0.25, 0.3) is 0 Å². The molecule has 2 N–H and O–H groups in total. The third-order valence-electron chi connectivity index (χ3n) is 4.23. The van der Waals surface area contributed by atoms with E-state index in [2.05, 4.69) is 17.4 Å². The first-order valence-electron chi connectivity index (χ1n) is 7.26. The van der Waals surface area contributed by atoms with Crippen LogP contribution in [0.15, 0.2) is 18.2 Å². The van der Waals surface area contributed by atoms with E-state index in [9.17, 15) is 9.90 Å². The molecule has 3 nitrogen and oxygen atoms in total. The van der Waals surface area contributed by atoms with Gasteiger partial charge in [-0.25, -0.2) is 0 Å². The first-order valence-corrected chi connectivity index (χ1v) is 7.26. The number of rotatable bonds is 3. The van der Waals surface area contributed by atoms with Crippen molar-refractivity contribution in [3.05, 3.63) is 34.9 Å². The molecule has 0 saturated heterocycles. The Morgan fingerprint density at radius 2 is 2.16 bits per heavy atom. The summed E-state index contributed by atoms with van der Waals surface area (Å²) in [5.41, 5.74) is 3.46. The number of benzene rings is 1. The Hall–Kier alpha value is -1.35. The SMILES string of the molecule is CC(O)c1ccc2c(c1)C(NC(=O)C1CC1)CCC2. The van der Waals surface area contributed by atoms with E-state index in [0.29, 0.717) is 0 Å². The normalized spacial score (nSPS) is 23.6. The van der Waals surface area contributed by atoms with Crippen molar-refractivity contribution in [1.82, 2.24) is 5.32 Å². The molecule has 0 radical (unpaired) electrons. The van der Waals surface area contributed by atoms with Gasteiger partial charge in [0.1, 0.15) is 0 Å². The van der Waals surface area contributed by atoms with Gasteiger partial charge in [-0.2, -0.15) is 0 Å². The Bertz CT molecular complexity index is 492. The van der Waals surface area contributed by atoms with Crippen LogP contribution in [-0.2, 0) is 11.2 Å². The molecule has 2 atom stereocenters. The van der Waals surface area contributed by atoms with Gasteiger partial charge in [0.15, 0.2) is 0 Å². The van der Waals surface area contributed by atoms with E-state index in [-0.39, 0.29) is 17.9 Å². The first kappa shape index (κ1) is 12.7. The predicted octanol–water partition coefficient (Wildman–Crippen LogP) is 2.64. The average molecular weight is 259 g/mol. The predicted molar refractivity (Wildman–Crippen MR) is 73.6 cm³/mol. The fraction of sp³-hybridized carbons (Fsp3) is 0.562. The Morgan fingerprint density at radius 3 is 2.84 bits per heavy atom. The average Bonchev–Trinajstić information content (AvgIpc) is 3.22. The molecule has 0 heterocycles. The molecular formula is C16H21NO2. The molecule has 1 amide bonds. The number of aryl methyl sites for hydroxylation is 1. The second kappa shape index (κ2) is 4.97. The van der Waals surface area contributed by atoms with Crippen LogP contribution in [-0.4, -0.2) is 11.0 Å². The van der Waals surface area contributed by atoms with E-state index in [1.807, 2.05) is 6.07 Å². The van der Waals surface area contributed by atoms with Gasteiger partial charge in [-0.15, -0.1) is 0 Å². The Labute approximate surface area is 114 Å². The second-order valence-electron chi connectivity index (χ2n) is 5.86. The number of carbonyl (C=O) groups is 1. The van der Waals surface area contributed by atoms with Gasteiger partial charge in [0.2, 0.25) is 5.91 Å². The van der Waals surface area contributed by atoms with Crippen molar-refractivity contribution in [2.24, 2.45) is 5.92 Å². The molecule has 1 aromatic carbocycles. The molecule has 3 heteroatoms. The van der Waals surface area contributed by atoms with E-state index in [4.69, 9.17) is 0 Å². The molecule has 1 aromatic rings. The zero-order chi connectivity index (χ0) is 13.4. The smallest absolute Gasteiger partial charge is 0.223 e. The molecule has 2 aliphatic carbocycles. The fourth-order valence-electron chi connectivity index (χ4n) is 2.86. The summed E-state index contributed by atoms with van der Waals surface area (Å²) in [4.78, 5) is 11.9. The van der Waals surface area contributed by atoms with Crippen LogP contribution in [0.1, 0.15) is 61.4 Å². The summed E-state index contributed by atoms with van der Waals surface area (Å²) in [7, 11) is 0. The summed E-state index contributed by atoms with van der Waals surface area (Å²) in [6.45, 7) is 1.78. The van der Waals surface area contributed by atoms with Crippen molar-refractivity contribution >= 4 is 5.91 Å². The van der Waals surface area contributed by atoms with Crippen LogP contribution in [0.3, 0.4) is 0 Å². The summed E-state index contributed by atoms with van der Waals surface area (Å²) in [5.74, 6) is 0.464. The van der Waals surface area contributed by atoms with Crippen molar-refractivity contribution < 1.29 is 9.90 Å². The van der Waals surface area contributed by atoms with Gasteiger partial charge in [0.25, 0.3) is 0 Å². The molecule has 1 saturated carbocycles. The maximum absolute atomic E-state index is 11.9. The Morgan fingerprint density at radius 1 is 1.37 bits per heavy atom. The van der Waals surface area contributed by atoms with Gasteiger partial charge in [-0.05, 0) is 55.7 Å². The van der Waals surface area contributed by atoms with Gasteiger partial charge >= 0.3 is 0 Å². The number of hydrogen-bond acceptors (Lipinski definition) is 2. The lowest BCUT2D eigenvalue weighted by Gasteiger charge is -2.27. The minimum atomic E-state index is -0.452. The maximum Gasteiger partial charge on any atom is 0.223 e. The lowest BCUT2D eigenvalue weighted by Crippen LogP contribution is -2.32. The van der Waals surface area contributed by atoms with Crippen molar-refractivity contribution in [2.45, 2.75) is 51.2 Å². The quantitative estimate of drug-likeness (QED) is 0.876. The van der Waals surface area contributed by atoms with E-state index in [1.165, 1.54) is 11.1 Å². The van der Waals surface area contributed by atoms with Crippen LogP contribution >= 0.6 is 0 Å². The van der Waals surface area contributed by atoms with E-state index in [1.54, 1.807) is 6.92 Å². The van der Waals surface area contributed by atoms with Crippen LogP contribution in [0.4, 0.5) is 0 Å². The van der Waals surface area contributed by atoms with Crippen molar-refractivity contribution in [1.29, 1.82) is 0 Å². The van der Waals surface area contributed by atoms with Gasteiger partial charge < -0.3 is 10.4 Å². The minimum absolute atomic E-state index is 0.135. The maximum atomic E-state index is 11.9. The van der Waals surface area contributed by atoms with Gasteiger partial charge in [0.05, 0.1) is 12.1 Å². The van der Waals surface area contributed by atoms with E-state index >= 15 is 0 Å². The molecule has 3 rings (SSSR count). The van der Waals surface area contributed by atoms with Gasteiger partial charge in [-0.1, -0.05) is 18.2 Å². The zero-order valence-corrected chi connectivity index (χ0v) is 11.4. The van der Waals surface area contributed by atoms with Crippen molar-refractivity contribution in [3.63, 3.8) is 0 Å². The Kier molecular flexibility index (Phi) is 3.31. The van der Waals surface area contributed by atoms with E-state index < -0.39 is 6.10 Å².